The zero-order valence-electron chi connectivity index (χ0n) is 11.8. The lowest BCUT2D eigenvalue weighted by atomic mass is 10.00. The van der Waals surface area contributed by atoms with E-state index in [0.29, 0.717) is 14.2 Å². The van der Waals surface area contributed by atoms with Crippen LogP contribution in [0.15, 0.2) is 24.3 Å². The molecule has 1 aromatic carbocycles. The number of rotatable bonds is 6. The summed E-state index contributed by atoms with van der Waals surface area (Å²) in [6.07, 6.45) is 0.928. The molecule has 0 bridgehead atoms. The molecule has 0 aliphatic rings. The number of hydrogen-bond donors (Lipinski definition) is 1. The summed E-state index contributed by atoms with van der Waals surface area (Å²) in [6, 6.07) is 6.52. The van der Waals surface area contributed by atoms with Crippen LogP contribution in [-0.2, 0) is 0 Å². The fourth-order valence-corrected chi connectivity index (χ4v) is 3.67. The molecule has 114 valence electrons. The molecule has 0 aliphatic heterocycles. The van der Waals surface area contributed by atoms with Gasteiger partial charge in [0.25, 0.3) is 0 Å². The van der Waals surface area contributed by atoms with Crippen LogP contribution in [0.4, 0.5) is 4.39 Å². The van der Waals surface area contributed by atoms with Gasteiger partial charge in [-0.3, -0.25) is 0 Å². The maximum atomic E-state index is 14.5. The summed E-state index contributed by atoms with van der Waals surface area (Å²) in [5.74, 6) is -0.166. The Balaban J connectivity index is 2.48. The van der Waals surface area contributed by atoms with Crippen LogP contribution >= 0.6 is 34.5 Å². The maximum absolute atomic E-state index is 14.5. The zero-order valence-corrected chi connectivity index (χ0v) is 14.1. The normalized spacial score (nSPS) is 12.4. The number of ether oxygens (including phenoxy) is 1. The van der Waals surface area contributed by atoms with Crippen molar-refractivity contribution < 1.29 is 9.13 Å². The van der Waals surface area contributed by atoms with Crippen molar-refractivity contribution in [3.05, 3.63) is 49.9 Å². The van der Waals surface area contributed by atoms with Gasteiger partial charge < -0.3 is 10.1 Å². The lowest BCUT2D eigenvalue weighted by Crippen LogP contribution is -2.24. The smallest absolute Gasteiger partial charge is 0.170 e. The first-order valence-corrected chi connectivity index (χ1v) is 8.16. The highest BCUT2D eigenvalue weighted by Crippen LogP contribution is 2.39. The third kappa shape index (κ3) is 3.69. The molecule has 0 spiro atoms. The van der Waals surface area contributed by atoms with Crippen LogP contribution in [0, 0.1) is 5.82 Å². The molecule has 0 radical (unpaired) electrons. The van der Waals surface area contributed by atoms with Gasteiger partial charge in [0.1, 0.15) is 0 Å². The van der Waals surface area contributed by atoms with Crippen molar-refractivity contribution in [3.8, 4) is 5.75 Å². The predicted molar refractivity (Wildman–Crippen MR) is 87.4 cm³/mol. The van der Waals surface area contributed by atoms with E-state index < -0.39 is 0 Å². The van der Waals surface area contributed by atoms with Crippen LogP contribution < -0.4 is 10.1 Å². The second kappa shape index (κ2) is 7.45. The quantitative estimate of drug-likeness (QED) is 0.766. The first-order valence-electron chi connectivity index (χ1n) is 6.59. The molecular weight excluding hydrogens is 332 g/mol. The molecule has 1 unspecified atom stereocenters. The Kier molecular flexibility index (Phi) is 5.88. The Hall–Kier alpha value is -0.810. The second-order valence-electron chi connectivity index (χ2n) is 4.53. The molecule has 2 rings (SSSR count). The lowest BCUT2D eigenvalue weighted by Gasteiger charge is -2.20. The Morgan fingerprint density at radius 1 is 1.33 bits per heavy atom. The number of hydrogen-bond acceptors (Lipinski definition) is 3. The molecule has 1 N–H and O–H groups in total. The lowest BCUT2D eigenvalue weighted by molar-refractivity contribution is 0.381. The molecule has 21 heavy (non-hydrogen) atoms. The van der Waals surface area contributed by atoms with Gasteiger partial charge >= 0.3 is 0 Å². The molecule has 0 fully saturated rings. The predicted octanol–water partition coefficient (Wildman–Crippen LogP) is 5.29. The summed E-state index contributed by atoms with van der Waals surface area (Å²) in [5, 5.41) is 3.32. The second-order valence-corrected chi connectivity index (χ2v) is 6.82. The molecule has 0 saturated heterocycles. The fraction of sp³-hybridized carbons (Fsp3) is 0.333. The number of thiophene rings is 1. The van der Waals surface area contributed by atoms with Gasteiger partial charge in [-0.15, -0.1) is 11.3 Å². The van der Waals surface area contributed by atoms with Crippen molar-refractivity contribution in [3.63, 3.8) is 0 Å². The number of methoxy groups -OCH3 is 1. The summed E-state index contributed by atoms with van der Waals surface area (Å²) >= 11 is 13.5. The average Bonchev–Trinajstić information content (AvgIpc) is 2.80. The van der Waals surface area contributed by atoms with Crippen molar-refractivity contribution in [2.24, 2.45) is 0 Å². The Morgan fingerprint density at radius 3 is 2.67 bits per heavy atom. The Bertz CT molecular complexity index is 618. The summed E-state index contributed by atoms with van der Waals surface area (Å²) in [7, 11) is 1.45. The first-order chi connectivity index (χ1) is 10.1. The van der Waals surface area contributed by atoms with E-state index in [1.54, 1.807) is 24.3 Å². The van der Waals surface area contributed by atoms with E-state index in [1.807, 2.05) is 6.92 Å². The van der Waals surface area contributed by atoms with Crippen molar-refractivity contribution in [2.45, 2.75) is 19.4 Å². The van der Waals surface area contributed by atoms with Gasteiger partial charge in [0.05, 0.1) is 21.8 Å². The maximum Gasteiger partial charge on any atom is 0.170 e. The fourth-order valence-electron chi connectivity index (χ4n) is 2.13. The summed E-state index contributed by atoms with van der Waals surface area (Å²) in [6.45, 7) is 2.79. The molecule has 2 aromatic rings. The molecule has 0 saturated carbocycles. The van der Waals surface area contributed by atoms with Crippen LogP contribution in [0.2, 0.25) is 8.67 Å². The van der Waals surface area contributed by atoms with E-state index >= 15 is 0 Å². The summed E-state index contributed by atoms with van der Waals surface area (Å²) in [5.41, 5.74) is 1.28. The Labute approximate surface area is 137 Å². The van der Waals surface area contributed by atoms with E-state index in [2.05, 4.69) is 5.32 Å². The molecule has 6 heteroatoms. The summed E-state index contributed by atoms with van der Waals surface area (Å²) in [4.78, 5) is 0. The van der Waals surface area contributed by atoms with Gasteiger partial charge in [-0.2, -0.15) is 0 Å². The van der Waals surface area contributed by atoms with Gasteiger partial charge in [0, 0.05) is 11.1 Å². The van der Waals surface area contributed by atoms with Crippen molar-refractivity contribution >= 4 is 34.5 Å². The summed E-state index contributed by atoms with van der Waals surface area (Å²) < 4.78 is 20.7. The number of benzene rings is 1. The van der Waals surface area contributed by atoms with Crippen LogP contribution in [0.1, 0.15) is 30.5 Å². The monoisotopic (exact) mass is 347 g/mol. The van der Waals surface area contributed by atoms with Gasteiger partial charge in [0.15, 0.2) is 11.6 Å². The largest absolute Gasteiger partial charge is 0.494 e. The molecule has 1 aromatic heterocycles. The molecule has 0 amide bonds. The highest BCUT2D eigenvalue weighted by molar-refractivity contribution is 7.20. The van der Waals surface area contributed by atoms with Crippen LogP contribution in [-0.4, -0.2) is 13.7 Å². The number of nitrogens with one attached hydrogen (secondary N) is 1. The Morgan fingerprint density at radius 2 is 2.10 bits per heavy atom. The van der Waals surface area contributed by atoms with E-state index in [-0.39, 0.29) is 17.6 Å². The van der Waals surface area contributed by atoms with E-state index in [9.17, 15) is 4.39 Å². The molecular formula is C15H16Cl2FNOS. The zero-order chi connectivity index (χ0) is 15.4. The van der Waals surface area contributed by atoms with Crippen molar-refractivity contribution in [1.29, 1.82) is 0 Å². The van der Waals surface area contributed by atoms with Gasteiger partial charge in [-0.25, -0.2) is 4.39 Å². The number of halogens is 3. The standard InChI is InChI=1S/C15H16Cl2FNOS/c1-3-7-19-14(10-8-12(16)21-15(10)17)9-5-4-6-11(20-2)13(9)18/h4-6,8,14,19H,3,7H2,1-2H3. The topological polar surface area (TPSA) is 21.3 Å². The third-order valence-electron chi connectivity index (χ3n) is 3.12. The van der Waals surface area contributed by atoms with Gasteiger partial charge in [0.2, 0.25) is 0 Å². The van der Waals surface area contributed by atoms with Crippen LogP contribution in [0.5, 0.6) is 5.75 Å². The minimum Gasteiger partial charge on any atom is -0.494 e. The average molecular weight is 348 g/mol. The highest BCUT2D eigenvalue weighted by atomic mass is 35.5. The minimum absolute atomic E-state index is 0.216. The SMILES string of the molecule is CCCNC(c1cc(Cl)sc1Cl)c1cccc(OC)c1F. The molecule has 1 atom stereocenters. The van der Waals surface area contributed by atoms with E-state index in [4.69, 9.17) is 27.9 Å². The van der Waals surface area contributed by atoms with E-state index in [1.165, 1.54) is 18.4 Å². The minimum atomic E-state index is -0.382. The van der Waals surface area contributed by atoms with Crippen molar-refractivity contribution in [1.82, 2.24) is 5.32 Å². The van der Waals surface area contributed by atoms with Crippen LogP contribution in [0.25, 0.3) is 0 Å². The van der Waals surface area contributed by atoms with E-state index in [0.717, 1.165) is 18.5 Å². The third-order valence-corrected chi connectivity index (χ3v) is 4.63. The highest BCUT2D eigenvalue weighted by Gasteiger charge is 2.23. The van der Waals surface area contributed by atoms with Crippen LogP contribution in [0.3, 0.4) is 0 Å². The van der Waals surface area contributed by atoms with Gasteiger partial charge in [-0.05, 0) is 25.1 Å². The molecule has 1 heterocycles. The first kappa shape index (κ1) is 16.6. The van der Waals surface area contributed by atoms with Crippen molar-refractivity contribution in [2.75, 3.05) is 13.7 Å². The molecule has 0 aliphatic carbocycles. The molecule has 2 nitrogen and oxygen atoms in total. The van der Waals surface area contributed by atoms with Gasteiger partial charge in [-0.1, -0.05) is 42.3 Å².